The van der Waals surface area contributed by atoms with Crippen LogP contribution < -0.4 is 4.90 Å². The summed E-state index contributed by atoms with van der Waals surface area (Å²) < 4.78 is 0. The maximum atomic E-state index is 12.3. The van der Waals surface area contributed by atoms with Crippen LogP contribution in [-0.2, 0) is 4.79 Å². The molecule has 2 aromatic rings. The van der Waals surface area contributed by atoms with Crippen LogP contribution in [0, 0.1) is 0 Å². The van der Waals surface area contributed by atoms with Crippen molar-refractivity contribution in [3.05, 3.63) is 59.2 Å². The highest BCUT2D eigenvalue weighted by atomic mass is 16.4. The number of anilines is 1. The molecule has 0 spiro atoms. The molecule has 0 unspecified atom stereocenters. The first kappa shape index (κ1) is 17.7. The van der Waals surface area contributed by atoms with Crippen molar-refractivity contribution >= 4 is 29.4 Å². The van der Waals surface area contributed by atoms with Gasteiger partial charge in [0.05, 0.1) is 22.4 Å². The highest BCUT2D eigenvalue weighted by molar-refractivity contribution is 6.34. The zero-order valence-electron chi connectivity index (χ0n) is 13.0. The second kappa shape index (κ2) is 6.83. The number of amides is 2. The molecule has 25 heavy (non-hydrogen) atoms. The number of benzene rings is 2. The summed E-state index contributed by atoms with van der Waals surface area (Å²) in [5.74, 6) is -3.08. The number of carbonyl (C=O) groups excluding carboxylic acids is 2. The van der Waals surface area contributed by atoms with Gasteiger partial charge in [0, 0.05) is 6.92 Å². The summed E-state index contributed by atoms with van der Waals surface area (Å²) in [6.07, 6.45) is 0. The fourth-order valence-corrected chi connectivity index (χ4v) is 2.21. The molecule has 3 N–H and O–H groups in total. The SMILES string of the molecule is CC(=O)O.O=C(O)c1ccc2c(c1)C(=O)N(c1ccc(O)cc1)C2=O. The number of fused-ring (bicyclic) bond motifs is 1. The van der Waals surface area contributed by atoms with E-state index in [0.29, 0.717) is 5.69 Å². The summed E-state index contributed by atoms with van der Waals surface area (Å²) in [5.41, 5.74) is 0.490. The van der Waals surface area contributed by atoms with E-state index >= 15 is 0 Å². The van der Waals surface area contributed by atoms with E-state index in [0.717, 1.165) is 11.8 Å². The molecule has 0 aromatic heterocycles. The number of imide groups is 1. The lowest BCUT2D eigenvalue weighted by molar-refractivity contribution is -0.134. The van der Waals surface area contributed by atoms with Crippen LogP contribution in [0.25, 0.3) is 0 Å². The number of carboxylic acid groups (broad SMARTS) is 2. The summed E-state index contributed by atoms with van der Waals surface area (Å²) in [6, 6.07) is 9.41. The minimum Gasteiger partial charge on any atom is -0.508 e. The van der Waals surface area contributed by atoms with Gasteiger partial charge < -0.3 is 15.3 Å². The minimum atomic E-state index is -1.17. The Morgan fingerprint density at radius 2 is 1.40 bits per heavy atom. The molecule has 0 radical (unpaired) electrons. The predicted octanol–water partition coefficient (Wildman–Crippen LogP) is 1.98. The fraction of sp³-hybridized carbons (Fsp3) is 0.0588. The monoisotopic (exact) mass is 343 g/mol. The normalized spacial score (nSPS) is 12.3. The maximum absolute atomic E-state index is 12.3. The lowest BCUT2D eigenvalue weighted by Gasteiger charge is -2.13. The molecule has 0 aliphatic carbocycles. The largest absolute Gasteiger partial charge is 0.508 e. The topological polar surface area (TPSA) is 132 Å². The summed E-state index contributed by atoms with van der Waals surface area (Å²) in [4.78, 5) is 45.5. The Kier molecular flexibility index (Phi) is 4.83. The number of phenols is 1. The van der Waals surface area contributed by atoms with Crippen molar-refractivity contribution in [2.75, 3.05) is 4.90 Å². The maximum Gasteiger partial charge on any atom is 0.335 e. The van der Waals surface area contributed by atoms with E-state index in [1.54, 1.807) is 0 Å². The number of hydrogen-bond acceptors (Lipinski definition) is 5. The number of nitrogens with zero attached hydrogens (tertiary/aromatic N) is 1. The Morgan fingerprint density at radius 3 is 1.92 bits per heavy atom. The van der Waals surface area contributed by atoms with E-state index in [1.807, 2.05) is 0 Å². The van der Waals surface area contributed by atoms with Crippen molar-refractivity contribution in [3.63, 3.8) is 0 Å². The standard InChI is InChI=1S/C15H9NO5.C2H4O2/c17-10-4-2-9(3-5-10)16-13(18)11-6-1-8(15(20)21)7-12(11)14(16)19;1-2(3)4/h1-7,17H,(H,20,21);1H3,(H,3,4). The first-order valence-electron chi connectivity index (χ1n) is 6.97. The summed E-state index contributed by atoms with van der Waals surface area (Å²) in [6.45, 7) is 1.08. The van der Waals surface area contributed by atoms with E-state index < -0.39 is 23.8 Å². The van der Waals surface area contributed by atoms with Crippen LogP contribution in [0.3, 0.4) is 0 Å². The van der Waals surface area contributed by atoms with Crippen molar-refractivity contribution in [2.24, 2.45) is 0 Å². The Morgan fingerprint density at radius 1 is 0.880 bits per heavy atom. The van der Waals surface area contributed by atoms with Crippen molar-refractivity contribution in [1.82, 2.24) is 0 Å². The Balaban J connectivity index is 0.000000511. The summed E-state index contributed by atoms with van der Waals surface area (Å²) in [7, 11) is 0. The van der Waals surface area contributed by atoms with Crippen molar-refractivity contribution in [2.45, 2.75) is 6.92 Å². The van der Waals surface area contributed by atoms with Crippen LogP contribution in [-0.4, -0.2) is 39.1 Å². The third-order valence-corrected chi connectivity index (χ3v) is 3.24. The van der Waals surface area contributed by atoms with Gasteiger partial charge in [0.25, 0.3) is 17.8 Å². The van der Waals surface area contributed by atoms with Crippen molar-refractivity contribution in [3.8, 4) is 5.75 Å². The molecule has 3 rings (SSSR count). The van der Waals surface area contributed by atoms with Gasteiger partial charge >= 0.3 is 5.97 Å². The van der Waals surface area contributed by atoms with Crippen LogP contribution in [0.2, 0.25) is 0 Å². The molecule has 8 nitrogen and oxygen atoms in total. The number of carboxylic acids is 2. The Bertz CT molecular complexity index is 867. The average Bonchev–Trinajstić information content (AvgIpc) is 2.79. The molecular weight excluding hydrogens is 330 g/mol. The third-order valence-electron chi connectivity index (χ3n) is 3.24. The molecule has 1 aliphatic rings. The Labute approximate surface area is 141 Å². The molecule has 0 saturated carbocycles. The predicted molar refractivity (Wildman–Crippen MR) is 86.0 cm³/mol. The van der Waals surface area contributed by atoms with Gasteiger partial charge in [-0.1, -0.05) is 0 Å². The second-order valence-electron chi connectivity index (χ2n) is 5.05. The van der Waals surface area contributed by atoms with E-state index in [-0.39, 0.29) is 22.4 Å². The first-order valence-corrected chi connectivity index (χ1v) is 6.97. The number of aromatic hydroxyl groups is 1. The first-order chi connectivity index (χ1) is 11.7. The molecule has 0 bridgehead atoms. The zero-order valence-corrected chi connectivity index (χ0v) is 13.0. The van der Waals surface area contributed by atoms with Gasteiger partial charge in [-0.2, -0.15) is 0 Å². The number of carbonyl (C=O) groups is 4. The van der Waals surface area contributed by atoms with Gasteiger partial charge in [0.15, 0.2) is 0 Å². The van der Waals surface area contributed by atoms with Crippen LogP contribution in [0.15, 0.2) is 42.5 Å². The quantitative estimate of drug-likeness (QED) is 0.710. The second-order valence-corrected chi connectivity index (χ2v) is 5.05. The van der Waals surface area contributed by atoms with Gasteiger partial charge in [0.2, 0.25) is 0 Å². The molecule has 0 fully saturated rings. The van der Waals surface area contributed by atoms with Gasteiger partial charge in [0.1, 0.15) is 5.75 Å². The highest BCUT2D eigenvalue weighted by Gasteiger charge is 2.37. The Hall–Kier alpha value is -3.68. The van der Waals surface area contributed by atoms with E-state index in [4.69, 9.17) is 15.0 Å². The molecule has 1 heterocycles. The van der Waals surface area contributed by atoms with E-state index in [2.05, 4.69) is 0 Å². The average molecular weight is 343 g/mol. The summed E-state index contributed by atoms with van der Waals surface area (Å²) in [5, 5.41) is 25.6. The van der Waals surface area contributed by atoms with Crippen LogP contribution >= 0.6 is 0 Å². The third kappa shape index (κ3) is 3.63. The van der Waals surface area contributed by atoms with Gasteiger partial charge in [-0.25, -0.2) is 9.69 Å². The lowest BCUT2D eigenvalue weighted by atomic mass is 10.1. The number of aromatic carboxylic acids is 1. The fourth-order valence-electron chi connectivity index (χ4n) is 2.21. The number of phenolic OH excluding ortho intramolecular Hbond substituents is 1. The molecule has 1 aliphatic heterocycles. The smallest absolute Gasteiger partial charge is 0.335 e. The van der Waals surface area contributed by atoms with Crippen molar-refractivity contribution < 1.29 is 34.5 Å². The van der Waals surface area contributed by atoms with Gasteiger partial charge in [-0.3, -0.25) is 14.4 Å². The molecular formula is C17H13NO7. The molecule has 2 aromatic carbocycles. The number of rotatable bonds is 2. The highest BCUT2D eigenvalue weighted by Crippen LogP contribution is 2.29. The van der Waals surface area contributed by atoms with Crippen LogP contribution in [0.5, 0.6) is 5.75 Å². The summed E-state index contributed by atoms with van der Waals surface area (Å²) >= 11 is 0. The molecule has 2 amide bonds. The molecule has 8 heteroatoms. The van der Waals surface area contributed by atoms with E-state index in [1.165, 1.54) is 42.5 Å². The van der Waals surface area contributed by atoms with Crippen LogP contribution in [0.4, 0.5) is 5.69 Å². The molecule has 0 atom stereocenters. The minimum absolute atomic E-state index is 0.0172. The number of hydrogen-bond donors (Lipinski definition) is 3. The lowest BCUT2D eigenvalue weighted by Crippen LogP contribution is -2.29. The zero-order chi connectivity index (χ0) is 18.7. The van der Waals surface area contributed by atoms with E-state index in [9.17, 15) is 19.5 Å². The van der Waals surface area contributed by atoms with Crippen LogP contribution in [0.1, 0.15) is 38.0 Å². The number of aliphatic carboxylic acids is 1. The van der Waals surface area contributed by atoms with Crippen molar-refractivity contribution in [1.29, 1.82) is 0 Å². The van der Waals surface area contributed by atoms with Gasteiger partial charge in [-0.05, 0) is 42.5 Å². The molecule has 128 valence electrons. The molecule has 0 saturated heterocycles. The van der Waals surface area contributed by atoms with Gasteiger partial charge in [-0.15, -0.1) is 0 Å².